The lowest BCUT2D eigenvalue weighted by atomic mass is 9.96. The maximum atomic E-state index is 12.1. The van der Waals surface area contributed by atoms with Gasteiger partial charge in [-0.15, -0.1) is 0 Å². The average molecular weight is 353 g/mol. The second kappa shape index (κ2) is 5.02. The predicted molar refractivity (Wildman–Crippen MR) is 81.1 cm³/mol. The number of amides is 3. The first kappa shape index (κ1) is 14.4. The van der Waals surface area contributed by atoms with Gasteiger partial charge in [0.15, 0.2) is 0 Å². The van der Waals surface area contributed by atoms with Crippen molar-refractivity contribution in [2.24, 2.45) is 0 Å². The van der Waals surface area contributed by atoms with Crippen LogP contribution in [-0.2, 0) is 17.8 Å². The van der Waals surface area contributed by atoms with E-state index in [4.69, 9.17) is 4.74 Å². The van der Waals surface area contributed by atoms with E-state index >= 15 is 0 Å². The summed E-state index contributed by atoms with van der Waals surface area (Å²) in [6, 6.07) is 3.66. The Labute approximate surface area is 131 Å². The van der Waals surface area contributed by atoms with Crippen LogP contribution in [0.2, 0.25) is 0 Å². The van der Waals surface area contributed by atoms with Crippen molar-refractivity contribution in [3.63, 3.8) is 0 Å². The van der Waals surface area contributed by atoms with E-state index in [0.717, 1.165) is 27.8 Å². The maximum Gasteiger partial charge on any atom is 0.325 e. The number of imide groups is 1. The van der Waals surface area contributed by atoms with Gasteiger partial charge in [-0.3, -0.25) is 10.1 Å². The zero-order chi connectivity index (χ0) is 15.2. The van der Waals surface area contributed by atoms with Gasteiger partial charge >= 0.3 is 6.03 Å². The van der Waals surface area contributed by atoms with Crippen molar-refractivity contribution in [1.29, 1.82) is 0 Å². The second-order valence-corrected chi connectivity index (χ2v) is 6.54. The minimum absolute atomic E-state index is 0.234. The number of ether oxygens (including phenoxy) is 1. The predicted octanol–water partition coefficient (Wildman–Crippen LogP) is 2.60. The normalized spacial score (nSPS) is 24.0. The molecule has 1 saturated heterocycles. The molecule has 0 aromatic heterocycles. The van der Waals surface area contributed by atoms with Gasteiger partial charge in [0.1, 0.15) is 11.3 Å². The number of nitrogens with zero attached hydrogens (tertiary/aromatic N) is 1. The smallest absolute Gasteiger partial charge is 0.325 e. The zero-order valence-corrected chi connectivity index (χ0v) is 13.6. The number of rotatable bonds is 3. The highest BCUT2D eigenvalue weighted by Gasteiger charge is 2.48. The lowest BCUT2D eigenvalue weighted by Crippen LogP contribution is -2.46. The van der Waals surface area contributed by atoms with Gasteiger partial charge in [-0.1, -0.05) is 22.9 Å². The standard InChI is InChI=1S/C15H17BrN2O3/c1-3-15(2)13(19)17-14(20)18(15)8-10-7-11(16)6-9-4-5-21-12(9)10/h6-7H,3-5,8H2,1-2H3,(H,17,19,20). The summed E-state index contributed by atoms with van der Waals surface area (Å²) >= 11 is 3.50. The van der Waals surface area contributed by atoms with Crippen LogP contribution in [0, 0.1) is 0 Å². The average Bonchev–Trinajstić information content (AvgIpc) is 2.98. The van der Waals surface area contributed by atoms with Crippen LogP contribution in [0.15, 0.2) is 16.6 Å². The number of benzene rings is 1. The van der Waals surface area contributed by atoms with Crippen molar-refractivity contribution in [2.45, 2.75) is 38.8 Å². The van der Waals surface area contributed by atoms with Crippen LogP contribution in [-0.4, -0.2) is 29.0 Å². The second-order valence-electron chi connectivity index (χ2n) is 5.62. The molecule has 0 saturated carbocycles. The minimum Gasteiger partial charge on any atom is -0.493 e. The Hall–Kier alpha value is -1.56. The minimum atomic E-state index is -0.801. The highest BCUT2D eigenvalue weighted by molar-refractivity contribution is 9.10. The Bertz CT molecular complexity index is 632. The van der Waals surface area contributed by atoms with Crippen LogP contribution in [0.3, 0.4) is 0 Å². The lowest BCUT2D eigenvalue weighted by Gasteiger charge is -2.31. The molecule has 21 heavy (non-hydrogen) atoms. The van der Waals surface area contributed by atoms with Gasteiger partial charge in [0.05, 0.1) is 13.2 Å². The third-order valence-corrected chi connectivity index (χ3v) is 4.85. The van der Waals surface area contributed by atoms with E-state index in [1.807, 2.05) is 19.1 Å². The number of fused-ring (bicyclic) bond motifs is 1. The van der Waals surface area contributed by atoms with Crippen molar-refractivity contribution in [2.75, 3.05) is 6.61 Å². The van der Waals surface area contributed by atoms with Gasteiger partial charge in [-0.25, -0.2) is 4.79 Å². The topological polar surface area (TPSA) is 58.6 Å². The SMILES string of the molecule is CCC1(C)C(=O)NC(=O)N1Cc1cc(Br)cc2c1OCC2. The Morgan fingerprint density at radius 1 is 1.43 bits per heavy atom. The molecule has 0 spiro atoms. The Balaban J connectivity index is 1.97. The number of hydrogen-bond donors (Lipinski definition) is 1. The van der Waals surface area contributed by atoms with Crippen LogP contribution in [0.1, 0.15) is 31.4 Å². The largest absolute Gasteiger partial charge is 0.493 e. The van der Waals surface area contributed by atoms with Crippen LogP contribution in [0.5, 0.6) is 5.75 Å². The Morgan fingerprint density at radius 2 is 2.19 bits per heavy atom. The first-order valence-electron chi connectivity index (χ1n) is 7.03. The molecule has 5 nitrogen and oxygen atoms in total. The van der Waals surface area contributed by atoms with E-state index in [1.165, 1.54) is 0 Å². The molecule has 0 bridgehead atoms. The number of hydrogen-bond acceptors (Lipinski definition) is 3. The van der Waals surface area contributed by atoms with Crippen LogP contribution in [0.25, 0.3) is 0 Å². The van der Waals surface area contributed by atoms with E-state index in [9.17, 15) is 9.59 Å². The third kappa shape index (κ3) is 2.21. The summed E-state index contributed by atoms with van der Waals surface area (Å²) < 4.78 is 6.66. The highest BCUT2D eigenvalue weighted by atomic mass is 79.9. The fourth-order valence-electron chi connectivity index (χ4n) is 2.88. The molecule has 1 atom stereocenters. The number of carbonyl (C=O) groups is 2. The molecule has 2 heterocycles. The van der Waals surface area contributed by atoms with Gasteiger partial charge in [0.2, 0.25) is 0 Å². The van der Waals surface area contributed by atoms with Crippen molar-refractivity contribution < 1.29 is 14.3 Å². The number of carbonyl (C=O) groups excluding carboxylic acids is 2. The van der Waals surface area contributed by atoms with Crippen LogP contribution >= 0.6 is 15.9 Å². The molecule has 1 aromatic carbocycles. The summed E-state index contributed by atoms with van der Waals surface area (Å²) in [5.41, 5.74) is 1.27. The quantitative estimate of drug-likeness (QED) is 0.850. The third-order valence-electron chi connectivity index (χ3n) is 4.39. The molecule has 1 unspecified atom stereocenters. The van der Waals surface area contributed by atoms with Gasteiger partial charge in [-0.2, -0.15) is 0 Å². The maximum absolute atomic E-state index is 12.1. The van der Waals surface area contributed by atoms with E-state index in [2.05, 4.69) is 21.2 Å². The molecule has 0 aliphatic carbocycles. The molecule has 1 aromatic rings. The molecule has 2 aliphatic rings. The molecule has 3 rings (SSSR count). The first-order chi connectivity index (χ1) is 9.95. The summed E-state index contributed by atoms with van der Waals surface area (Å²) in [6.07, 6.45) is 1.44. The highest BCUT2D eigenvalue weighted by Crippen LogP contribution is 2.36. The van der Waals surface area contributed by atoms with Crippen molar-refractivity contribution in [3.05, 3.63) is 27.7 Å². The van der Waals surface area contributed by atoms with E-state index in [0.29, 0.717) is 19.6 Å². The summed E-state index contributed by atoms with van der Waals surface area (Å²) in [7, 11) is 0. The molecular formula is C15H17BrN2O3. The molecule has 3 amide bonds. The van der Waals surface area contributed by atoms with E-state index in [-0.39, 0.29) is 11.9 Å². The van der Waals surface area contributed by atoms with Crippen molar-refractivity contribution in [1.82, 2.24) is 10.2 Å². The van der Waals surface area contributed by atoms with E-state index < -0.39 is 5.54 Å². The van der Waals surface area contributed by atoms with Gasteiger partial charge in [-0.05, 0) is 31.0 Å². The van der Waals surface area contributed by atoms with Gasteiger partial charge in [0, 0.05) is 16.5 Å². The molecule has 1 fully saturated rings. The molecular weight excluding hydrogens is 336 g/mol. The van der Waals surface area contributed by atoms with E-state index in [1.54, 1.807) is 11.8 Å². The van der Waals surface area contributed by atoms with Crippen LogP contribution in [0.4, 0.5) is 4.79 Å². The molecule has 6 heteroatoms. The van der Waals surface area contributed by atoms with Crippen molar-refractivity contribution >= 4 is 27.9 Å². The first-order valence-corrected chi connectivity index (χ1v) is 7.82. The fraction of sp³-hybridized carbons (Fsp3) is 0.467. The monoisotopic (exact) mass is 352 g/mol. The Kier molecular flexibility index (Phi) is 3.43. The summed E-state index contributed by atoms with van der Waals surface area (Å²) in [5, 5.41) is 2.41. The Morgan fingerprint density at radius 3 is 2.90 bits per heavy atom. The number of halogens is 1. The lowest BCUT2D eigenvalue weighted by molar-refractivity contribution is -0.126. The zero-order valence-electron chi connectivity index (χ0n) is 12.0. The van der Waals surface area contributed by atoms with Crippen molar-refractivity contribution in [3.8, 4) is 5.75 Å². The van der Waals surface area contributed by atoms with Crippen LogP contribution < -0.4 is 10.1 Å². The molecule has 112 valence electrons. The fourth-order valence-corrected chi connectivity index (χ4v) is 3.43. The molecule has 0 radical (unpaired) electrons. The number of urea groups is 1. The molecule has 2 aliphatic heterocycles. The van der Waals surface area contributed by atoms with Gasteiger partial charge in [0.25, 0.3) is 5.91 Å². The summed E-state index contributed by atoms with van der Waals surface area (Å²) in [6.45, 7) is 4.73. The summed E-state index contributed by atoms with van der Waals surface area (Å²) in [4.78, 5) is 25.7. The summed E-state index contributed by atoms with van der Waals surface area (Å²) in [5.74, 6) is 0.617. The van der Waals surface area contributed by atoms with Gasteiger partial charge < -0.3 is 9.64 Å². The number of nitrogens with one attached hydrogen (secondary N) is 1. The molecule has 1 N–H and O–H groups in total.